The van der Waals surface area contributed by atoms with Gasteiger partial charge in [-0.1, -0.05) is 70.4 Å². The molecule has 3 atom stereocenters. The van der Waals surface area contributed by atoms with Gasteiger partial charge in [0.2, 0.25) is 0 Å². The summed E-state index contributed by atoms with van der Waals surface area (Å²) in [6.07, 6.45) is 15.6. The van der Waals surface area contributed by atoms with Crippen LogP contribution in [-0.2, 0) is 4.79 Å². The average molecular weight is 383 g/mol. The van der Waals surface area contributed by atoms with E-state index >= 15 is 0 Å². The first-order valence-electron chi connectivity index (χ1n) is 11.2. The normalized spacial score (nSPS) is 23.6. The molecule has 0 aliphatic heterocycles. The van der Waals surface area contributed by atoms with E-state index in [0.29, 0.717) is 6.42 Å². The third kappa shape index (κ3) is 9.75. The number of carboxylic acids is 1. The Morgan fingerprint density at radius 3 is 2.48 bits per heavy atom. The summed E-state index contributed by atoms with van der Waals surface area (Å²) in [5.41, 5.74) is 0.740. The van der Waals surface area contributed by atoms with Gasteiger partial charge in [-0.25, -0.2) is 0 Å². The Balaban J connectivity index is 2.49. The minimum atomic E-state index is -0.718. The molecule has 0 saturated heterocycles. The van der Waals surface area contributed by atoms with Crippen molar-refractivity contribution in [2.24, 2.45) is 5.92 Å². The van der Waals surface area contributed by atoms with E-state index in [1.165, 1.54) is 18.4 Å². The highest BCUT2D eigenvalue weighted by atomic mass is 16.4. The van der Waals surface area contributed by atoms with Gasteiger partial charge in [-0.05, 0) is 44.9 Å². The molecule has 0 radical (unpaired) electrons. The van der Waals surface area contributed by atoms with Crippen molar-refractivity contribution in [3.05, 3.63) is 11.6 Å². The number of aliphatic hydroxyl groups excluding tert-OH is 1. The lowest BCUT2D eigenvalue weighted by Gasteiger charge is -2.27. The molecule has 3 N–H and O–H groups in total. The van der Waals surface area contributed by atoms with Crippen LogP contribution in [0.2, 0.25) is 0 Å². The average Bonchev–Trinajstić information content (AvgIpc) is 2.96. The molecule has 0 amide bonds. The predicted molar refractivity (Wildman–Crippen MR) is 111 cm³/mol. The van der Waals surface area contributed by atoms with Crippen LogP contribution in [0.4, 0.5) is 0 Å². The van der Waals surface area contributed by atoms with Gasteiger partial charge in [-0.2, -0.15) is 0 Å². The summed E-state index contributed by atoms with van der Waals surface area (Å²) in [4.78, 5) is 10.5. The largest absolute Gasteiger partial charge is 0.481 e. The van der Waals surface area contributed by atoms with Gasteiger partial charge in [0.05, 0.1) is 11.7 Å². The van der Waals surface area contributed by atoms with Crippen LogP contribution < -0.4 is 0 Å². The highest BCUT2D eigenvalue weighted by Gasteiger charge is 2.31. The molecule has 1 rings (SSSR count). The first-order valence-corrected chi connectivity index (χ1v) is 11.2. The zero-order valence-electron chi connectivity index (χ0n) is 17.6. The Hall–Kier alpha value is -0.870. The predicted octanol–water partition coefficient (Wildman–Crippen LogP) is 5.61. The van der Waals surface area contributed by atoms with Gasteiger partial charge in [0, 0.05) is 12.3 Å². The highest BCUT2D eigenvalue weighted by Crippen LogP contribution is 2.37. The van der Waals surface area contributed by atoms with Crippen molar-refractivity contribution in [1.29, 1.82) is 0 Å². The molecule has 0 aromatic carbocycles. The molecule has 158 valence electrons. The third-order valence-electron chi connectivity index (χ3n) is 6.03. The molecule has 0 spiro atoms. The Labute approximate surface area is 166 Å². The van der Waals surface area contributed by atoms with E-state index in [2.05, 4.69) is 19.9 Å². The van der Waals surface area contributed by atoms with Gasteiger partial charge in [0.25, 0.3) is 0 Å². The molecule has 0 aromatic heterocycles. The fourth-order valence-corrected chi connectivity index (χ4v) is 4.39. The van der Waals surface area contributed by atoms with E-state index in [1.54, 1.807) is 0 Å². The number of hydrogen-bond donors (Lipinski definition) is 3. The summed E-state index contributed by atoms with van der Waals surface area (Å²) in [5.74, 6) is -0.490. The van der Waals surface area contributed by atoms with E-state index in [-0.39, 0.29) is 18.4 Å². The number of carbonyl (C=O) groups is 1. The van der Waals surface area contributed by atoms with Crippen LogP contribution in [0.5, 0.6) is 0 Å². The van der Waals surface area contributed by atoms with Crippen molar-refractivity contribution >= 4 is 5.97 Å². The van der Waals surface area contributed by atoms with Crippen LogP contribution in [0.15, 0.2) is 11.6 Å². The SMILES string of the molecule is CCCCCC(O)(CC=C1CC[C@H](O)[C@@H]1CCCCCCC(=O)O)CCC. The zero-order valence-corrected chi connectivity index (χ0v) is 17.6. The standard InChI is InChI=1S/C23H42O4/c1-3-5-10-17-23(27,16-4-2)18-15-19-13-14-21(24)20(19)11-8-6-7-9-12-22(25)26/h15,20-21,24,27H,3-14,16-18H2,1-2H3,(H,25,26)/t20-,21+,23?/m1/s1. The maximum Gasteiger partial charge on any atom is 0.303 e. The summed E-state index contributed by atoms with van der Waals surface area (Å²) in [6, 6.07) is 0. The first kappa shape index (κ1) is 24.2. The van der Waals surface area contributed by atoms with Crippen LogP contribution in [0.3, 0.4) is 0 Å². The van der Waals surface area contributed by atoms with Crippen LogP contribution in [-0.4, -0.2) is 33.0 Å². The fraction of sp³-hybridized carbons (Fsp3) is 0.870. The van der Waals surface area contributed by atoms with E-state index < -0.39 is 11.6 Å². The summed E-state index contributed by atoms with van der Waals surface area (Å²) in [7, 11) is 0. The van der Waals surface area contributed by atoms with Gasteiger partial charge in [0.1, 0.15) is 0 Å². The molecule has 1 aliphatic carbocycles. The van der Waals surface area contributed by atoms with Crippen LogP contribution in [0.1, 0.15) is 110 Å². The van der Waals surface area contributed by atoms with Gasteiger partial charge in [0.15, 0.2) is 0 Å². The lowest BCUT2D eigenvalue weighted by molar-refractivity contribution is -0.137. The summed E-state index contributed by atoms with van der Waals surface area (Å²) >= 11 is 0. The Morgan fingerprint density at radius 2 is 1.81 bits per heavy atom. The van der Waals surface area contributed by atoms with Gasteiger partial charge in [-0.3, -0.25) is 4.79 Å². The van der Waals surface area contributed by atoms with Gasteiger partial charge >= 0.3 is 5.97 Å². The van der Waals surface area contributed by atoms with E-state index in [1.807, 2.05) is 0 Å². The Morgan fingerprint density at radius 1 is 1.07 bits per heavy atom. The van der Waals surface area contributed by atoms with Crippen molar-refractivity contribution in [1.82, 2.24) is 0 Å². The maximum atomic E-state index is 11.0. The molecule has 0 bridgehead atoms. The van der Waals surface area contributed by atoms with E-state index in [0.717, 1.165) is 70.6 Å². The lowest BCUT2D eigenvalue weighted by Crippen LogP contribution is -2.28. The number of hydrogen-bond acceptors (Lipinski definition) is 3. The summed E-state index contributed by atoms with van der Waals surface area (Å²) < 4.78 is 0. The maximum absolute atomic E-state index is 11.0. The van der Waals surface area contributed by atoms with Crippen molar-refractivity contribution in [3.63, 3.8) is 0 Å². The van der Waals surface area contributed by atoms with E-state index in [9.17, 15) is 15.0 Å². The summed E-state index contributed by atoms with van der Waals surface area (Å²) in [5, 5.41) is 30.1. The molecular formula is C23H42O4. The Bertz CT molecular complexity index is 446. The smallest absolute Gasteiger partial charge is 0.303 e. The molecule has 1 saturated carbocycles. The quantitative estimate of drug-likeness (QED) is 0.254. The third-order valence-corrected chi connectivity index (χ3v) is 6.03. The Kier molecular flexibility index (Phi) is 11.9. The number of aliphatic hydroxyl groups is 2. The van der Waals surface area contributed by atoms with Crippen LogP contribution in [0, 0.1) is 5.92 Å². The number of unbranched alkanes of at least 4 members (excludes halogenated alkanes) is 5. The molecule has 1 unspecified atom stereocenters. The summed E-state index contributed by atoms with van der Waals surface area (Å²) in [6.45, 7) is 4.32. The van der Waals surface area contributed by atoms with Crippen molar-refractivity contribution in [2.45, 2.75) is 122 Å². The molecular weight excluding hydrogens is 340 g/mol. The second kappa shape index (κ2) is 13.3. The van der Waals surface area contributed by atoms with Crippen molar-refractivity contribution in [2.75, 3.05) is 0 Å². The lowest BCUT2D eigenvalue weighted by atomic mass is 9.85. The molecule has 1 aliphatic rings. The molecule has 4 heteroatoms. The van der Waals surface area contributed by atoms with Crippen LogP contribution in [0.25, 0.3) is 0 Å². The van der Waals surface area contributed by atoms with Gasteiger partial charge in [-0.15, -0.1) is 0 Å². The number of rotatable bonds is 15. The molecule has 0 aromatic rings. The van der Waals surface area contributed by atoms with E-state index in [4.69, 9.17) is 5.11 Å². The van der Waals surface area contributed by atoms with Crippen molar-refractivity contribution in [3.8, 4) is 0 Å². The number of aliphatic carboxylic acids is 1. The number of carboxylic acid groups (broad SMARTS) is 1. The monoisotopic (exact) mass is 382 g/mol. The van der Waals surface area contributed by atoms with Crippen LogP contribution >= 0.6 is 0 Å². The van der Waals surface area contributed by atoms with Crippen molar-refractivity contribution < 1.29 is 20.1 Å². The minimum Gasteiger partial charge on any atom is -0.481 e. The second-order valence-electron chi connectivity index (χ2n) is 8.47. The first-order chi connectivity index (χ1) is 12.9. The zero-order chi connectivity index (χ0) is 20.1. The molecule has 4 nitrogen and oxygen atoms in total. The molecule has 27 heavy (non-hydrogen) atoms. The minimum absolute atomic E-state index is 0.228. The highest BCUT2D eigenvalue weighted by molar-refractivity contribution is 5.66. The van der Waals surface area contributed by atoms with Gasteiger partial charge < -0.3 is 15.3 Å². The fourth-order valence-electron chi connectivity index (χ4n) is 4.39. The molecule has 0 heterocycles. The molecule has 1 fully saturated rings. The topological polar surface area (TPSA) is 77.8 Å². The second-order valence-corrected chi connectivity index (χ2v) is 8.47.